The Hall–Kier alpha value is -2.69. The molecule has 25 heavy (non-hydrogen) atoms. The second-order valence-corrected chi connectivity index (χ2v) is 6.24. The van der Waals surface area contributed by atoms with Crippen molar-refractivity contribution in [2.45, 2.75) is 18.9 Å². The summed E-state index contributed by atoms with van der Waals surface area (Å²) in [6.07, 6.45) is 1.12. The van der Waals surface area contributed by atoms with E-state index in [1.807, 2.05) is 6.07 Å². The highest BCUT2D eigenvalue weighted by atomic mass is 16.5. The minimum atomic E-state index is 0.257. The van der Waals surface area contributed by atoms with E-state index in [-0.39, 0.29) is 5.75 Å². The van der Waals surface area contributed by atoms with Crippen LogP contribution in [0.5, 0.6) is 11.5 Å². The number of hydrogen-bond acceptors (Lipinski definition) is 3. The predicted molar refractivity (Wildman–Crippen MR) is 100 cm³/mol. The summed E-state index contributed by atoms with van der Waals surface area (Å²) in [6.45, 7) is 2.43. The van der Waals surface area contributed by atoms with Crippen LogP contribution in [0.1, 0.15) is 23.5 Å². The maximum Gasteiger partial charge on any atom is 0.193 e. The molecule has 0 bridgehead atoms. The Kier molecular flexibility index (Phi) is 5.43. The Balaban J connectivity index is 1.62. The molecule has 0 saturated carbocycles. The summed E-state index contributed by atoms with van der Waals surface area (Å²) in [5, 5.41) is 13.4. The van der Waals surface area contributed by atoms with Crippen molar-refractivity contribution < 1.29 is 9.84 Å². The lowest BCUT2D eigenvalue weighted by molar-refractivity contribution is 0.410. The van der Waals surface area contributed by atoms with Crippen molar-refractivity contribution in [2.75, 3.05) is 27.2 Å². The summed E-state index contributed by atoms with van der Waals surface area (Å²) in [4.78, 5) is 6.68. The Morgan fingerprint density at radius 2 is 2.08 bits per heavy atom. The Bertz CT molecular complexity index is 731. The van der Waals surface area contributed by atoms with Gasteiger partial charge in [-0.1, -0.05) is 30.3 Å². The molecular formula is C20H25N3O2. The number of methoxy groups -OCH3 is 1. The van der Waals surface area contributed by atoms with Gasteiger partial charge in [0.2, 0.25) is 0 Å². The van der Waals surface area contributed by atoms with Gasteiger partial charge in [0.15, 0.2) is 5.96 Å². The standard InChI is InChI=1S/C20H25N3O2/c1-21-20(22-13-17-12-18(25-2)8-9-19(17)24)23-11-10-16(14-23)15-6-4-3-5-7-15/h3-9,12,16,24H,10-11,13-14H2,1-2H3,(H,21,22). The van der Waals surface area contributed by atoms with E-state index in [1.165, 1.54) is 5.56 Å². The van der Waals surface area contributed by atoms with Crippen molar-refractivity contribution in [2.24, 2.45) is 4.99 Å². The number of nitrogens with zero attached hydrogens (tertiary/aromatic N) is 2. The maximum atomic E-state index is 10.0. The zero-order valence-electron chi connectivity index (χ0n) is 14.8. The van der Waals surface area contributed by atoms with Gasteiger partial charge in [-0.3, -0.25) is 4.99 Å². The molecule has 2 aromatic carbocycles. The molecule has 1 aliphatic rings. The summed E-state index contributed by atoms with van der Waals surface area (Å²) in [7, 11) is 3.42. The first-order chi connectivity index (χ1) is 12.2. The number of aliphatic imine (C=N–C) groups is 1. The average molecular weight is 339 g/mol. The lowest BCUT2D eigenvalue weighted by Crippen LogP contribution is -2.39. The number of phenolic OH excluding ortho intramolecular Hbond substituents is 1. The Labute approximate surface area is 149 Å². The van der Waals surface area contributed by atoms with E-state index in [4.69, 9.17) is 4.74 Å². The molecule has 0 amide bonds. The van der Waals surface area contributed by atoms with Crippen LogP contribution in [0.15, 0.2) is 53.5 Å². The van der Waals surface area contributed by atoms with Crippen molar-refractivity contribution in [1.82, 2.24) is 10.2 Å². The van der Waals surface area contributed by atoms with E-state index in [2.05, 4.69) is 45.5 Å². The SMILES string of the molecule is CN=C(NCc1cc(OC)ccc1O)N1CCC(c2ccccc2)C1. The van der Waals surface area contributed by atoms with Gasteiger partial charge < -0.3 is 20.1 Å². The first-order valence-corrected chi connectivity index (χ1v) is 8.57. The molecule has 2 N–H and O–H groups in total. The van der Waals surface area contributed by atoms with Crippen molar-refractivity contribution in [3.8, 4) is 11.5 Å². The van der Waals surface area contributed by atoms with Gasteiger partial charge in [-0.15, -0.1) is 0 Å². The summed E-state index contributed by atoms with van der Waals surface area (Å²) >= 11 is 0. The van der Waals surface area contributed by atoms with Gasteiger partial charge in [-0.25, -0.2) is 0 Å². The summed E-state index contributed by atoms with van der Waals surface area (Å²) in [5.41, 5.74) is 2.17. The first-order valence-electron chi connectivity index (χ1n) is 8.57. The minimum Gasteiger partial charge on any atom is -0.508 e. The minimum absolute atomic E-state index is 0.257. The second kappa shape index (κ2) is 7.92. The molecule has 0 spiro atoms. The van der Waals surface area contributed by atoms with Crippen LogP contribution in [-0.4, -0.2) is 43.2 Å². The molecule has 5 nitrogen and oxygen atoms in total. The molecule has 1 saturated heterocycles. The van der Waals surface area contributed by atoms with Crippen LogP contribution in [0, 0.1) is 0 Å². The highest BCUT2D eigenvalue weighted by molar-refractivity contribution is 5.80. The molecule has 0 aliphatic carbocycles. The monoisotopic (exact) mass is 339 g/mol. The van der Waals surface area contributed by atoms with Gasteiger partial charge in [0, 0.05) is 38.2 Å². The van der Waals surface area contributed by atoms with Crippen LogP contribution in [0.4, 0.5) is 0 Å². The van der Waals surface area contributed by atoms with Crippen LogP contribution in [0.3, 0.4) is 0 Å². The van der Waals surface area contributed by atoms with E-state index < -0.39 is 0 Å². The number of aromatic hydroxyl groups is 1. The first kappa shape index (κ1) is 17.1. The molecule has 3 rings (SSSR count). The Morgan fingerprint density at radius 1 is 1.28 bits per heavy atom. The number of rotatable bonds is 4. The summed E-state index contributed by atoms with van der Waals surface area (Å²) in [6, 6.07) is 15.9. The van der Waals surface area contributed by atoms with E-state index >= 15 is 0 Å². The third kappa shape index (κ3) is 4.05. The third-order valence-corrected chi connectivity index (χ3v) is 4.69. The lowest BCUT2D eigenvalue weighted by Gasteiger charge is -2.22. The molecule has 1 atom stereocenters. The van der Waals surface area contributed by atoms with Crippen LogP contribution in [0.2, 0.25) is 0 Å². The van der Waals surface area contributed by atoms with Crippen molar-refractivity contribution in [3.63, 3.8) is 0 Å². The molecule has 1 aliphatic heterocycles. The smallest absolute Gasteiger partial charge is 0.193 e. The Morgan fingerprint density at radius 3 is 2.80 bits per heavy atom. The molecule has 1 heterocycles. The number of guanidine groups is 1. The quantitative estimate of drug-likeness (QED) is 0.664. The van der Waals surface area contributed by atoms with Gasteiger partial charge in [0.1, 0.15) is 11.5 Å². The largest absolute Gasteiger partial charge is 0.508 e. The van der Waals surface area contributed by atoms with E-state index in [1.54, 1.807) is 26.3 Å². The highest BCUT2D eigenvalue weighted by Gasteiger charge is 2.25. The number of nitrogens with one attached hydrogen (secondary N) is 1. The maximum absolute atomic E-state index is 10.0. The van der Waals surface area contributed by atoms with Gasteiger partial charge in [-0.2, -0.15) is 0 Å². The molecule has 5 heteroatoms. The molecule has 1 fully saturated rings. The highest BCUT2D eigenvalue weighted by Crippen LogP contribution is 2.27. The van der Waals surface area contributed by atoms with Crippen molar-refractivity contribution in [3.05, 3.63) is 59.7 Å². The molecule has 0 radical (unpaired) electrons. The number of hydrogen-bond donors (Lipinski definition) is 2. The van der Waals surface area contributed by atoms with E-state index in [9.17, 15) is 5.11 Å². The van der Waals surface area contributed by atoms with Crippen LogP contribution >= 0.6 is 0 Å². The number of phenols is 1. The fraction of sp³-hybridized carbons (Fsp3) is 0.350. The fourth-order valence-electron chi connectivity index (χ4n) is 3.29. The average Bonchev–Trinajstić information content (AvgIpc) is 3.14. The van der Waals surface area contributed by atoms with Crippen LogP contribution < -0.4 is 10.1 Å². The third-order valence-electron chi connectivity index (χ3n) is 4.69. The zero-order chi connectivity index (χ0) is 17.6. The van der Waals surface area contributed by atoms with E-state index in [0.29, 0.717) is 12.5 Å². The number of benzene rings is 2. The second-order valence-electron chi connectivity index (χ2n) is 6.24. The lowest BCUT2D eigenvalue weighted by atomic mass is 9.99. The van der Waals surface area contributed by atoms with Crippen LogP contribution in [-0.2, 0) is 6.54 Å². The van der Waals surface area contributed by atoms with Gasteiger partial charge >= 0.3 is 0 Å². The van der Waals surface area contributed by atoms with Crippen molar-refractivity contribution in [1.29, 1.82) is 0 Å². The van der Waals surface area contributed by atoms with Crippen LogP contribution in [0.25, 0.3) is 0 Å². The molecule has 2 aromatic rings. The molecule has 132 valence electrons. The predicted octanol–water partition coefficient (Wildman–Crippen LogP) is 2.97. The van der Waals surface area contributed by atoms with Gasteiger partial charge in [0.25, 0.3) is 0 Å². The number of likely N-dealkylation sites (tertiary alicyclic amines) is 1. The van der Waals surface area contributed by atoms with Gasteiger partial charge in [0.05, 0.1) is 7.11 Å². The topological polar surface area (TPSA) is 57.1 Å². The molecular weight excluding hydrogens is 314 g/mol. The number of ether oxygens (including phenoxy) is 1. The fourth-order valence-corrected chi connectivity index (χ4v) is 3.29. The van der Waals surface area contributed by atoms with Gasteiger partial charge in [-0.05, 0) is 30.2 Å². The molecule has 0 aromatic heterocycles. The van der Waals surface area contributed by atoms with E-state index in [0.717, 1.165) is 36.8 Å². The normalized spacial score (nSPS) is 17.6. The van der Waals surface area contributed by atoms with Crippen molar-refractivity contribution >= 4 is 5.96 Å². The molecule has 1 unspecified atom stereocenters. The summed E-state index contributed by atoms with van der Waals surface area (Å²) in [5.74, 6) is 2.38. The zero-order valence-corrected chi connectivity index (χ0v) is 14.8. The summed E-state index contributed by atoms with van der Waals surface area (Å²) < 4.78 is 5.23.